The van der Waals surface area contributed by atoms with Crippen molar-refractivity contribution in [1.82, 2.24) is 19.3 Å². The van der Waals surface area contributed by atoms with Gasteiger partial charge in [-0.2, -0.15) is 0 Å². The smallest absolute Gasteiger partial charge is 0.272 e. The lowest BCUT2D eigenvalue weighted by Gasteiger charge is -2.14. The van der Waals surface area contributed by atoms with E-state index in [2.05, 4.69) is 9.97 Å². The predicted molar refractivity (Wildman–Crippen MR) is 78.0 cm³/mol. The van der Waals surface area contributed by atoms with Crippen LogP contribution in [0.25, 0.3) is 17.0 Å². The molecule has 3 heterocycles. The van der Waals surface area contributed by atoms with E-state index >= 15 is 0 Å². The highest BCUT2D eigenvalue weighted by Crippen LogP contribution is 2.27. The standard InChI is InChI=1S/C15H15FN4O2/c1-4-19(3)15(21)13-9(2)18-14-11(12-6-17-8-22-12)5-10(16)7-20(13)14/h5-8H,4H2,1-3H3. The molecule has 0 atom stereocenters. The second-order valence-corrected chi connectivity index (χ2v) is 5.00. The Hall–Kier alpha value is -2.70. The number of carbonyl (C=O) groups excluding carboxylic acids is 1. The highest BCUT2D eigenvalue weighted by molar-refractivity contribution is 5.95. The lowest BCUT2D eigenvalue weighted by Crippen LogP contribution is -2.28. The molecule has 0 saturated carbocycles. The zero-order valence-corrected chi connectivity index (χ0v) is 12.5. The van der Waals surface area contributed by atoms with Crippen molar-refractivity contribution in [3.8, 4) is 11.3 Å². The van der Waals surface area contributed by atoms with Gasteiger partial charge in [-0.05, 0) is 19.9 Å². The van der Waals surface area contributed by atoms with Crippen molar-refractivity contribution in [3.05, 3.63) is 42.1 Å². The van der Waals surface area contributed by atoms with Gasteiger partial charge < -0.3 is 9.32 Å². The molecule has 0 spiro atoms. The maximum absolute atomic E-state index is 14.0. The van der Waals surface area contributed by atoms with Crippen LogP contribution in [-0.2, 0) is 0 Å². The van der Waals surface area contributed by atoms with Crippen LogP contribution in [0.15, 0.2) is 29.3 Å². The Balaban J connectivity index is 2.29. The number of pyridine rings is 1. The third kappa shape index (κ3) is 2.14. The molecule has 0 aliphatic heterocycles. The number of carbonyl (C=O) groups is 1. The predicted octanol–water partition coefficient (Wildman–Crippen LogP) is 2.53. The summed E-state index contributed by atoms with van der Waals surface area (Å²) in [6.45, 7) is 4.15. The van der Waals surface area contributed by atoms with Gasteiger partial charge in [-0.15, -0.1) is 0 Å². The van der Waals surface area contributed by atoms with Crippen LogP contribution in [-0.4, -0.2) is 38.8 Å². The minimum absolute atomic E-state index is 0.207. The summed E-state index contributed by atoms with van der Waals surface area (Å²) < 4.78 is 20.7. The summed E-state index contributed by atoms with van der Waals surface area (Å²) >= 11 is 0. The van der Waals surface area contributed by atoms with Crippen molar-refractivity contribution in [2.45, 2.75) is 13.8 Å². The van der Waals surface area contributed by atoms with Crippen LogP contribution >= 0.6 is 0 Å². The van der Waals surface area contributed by atoms with Gasteiger partial charge in [-0.1, -0.05) is 0 Å². The molecule has 3 aromatic heterocycles. The van der Waals surface area contributed by atoms with E-state index in [-0.39, 0.29) is 5.91 Å². The Morgan fingerprint density at radius 2 is 2.27 bits per heavy atom. The summed E-state index contributed by atoms with van der Waals surface area (Å²) in [4.78, 5) is 22.3. The molecule has 0 N–H and O–H groups in total. The lowest BCUT2D eigenvalue weighted by atomic mass is 10.2. The molecule has 0 fully saturated rings. The number of rotatable bonds is 3. The summed E-state index contributed by atoms with van der Waals surface area (Å²) in [5, 5.41) is 0. The third-order valence-corrected chi connectivity index (χ3v) is 3.58. The van der Waals surface area contributed by atoms with Crippen LogP contribution in [0.5, 0.6) is 0 Å². The zero-order valence-electron chi connectivity index (χ0n) is 12.5. The first-order chi connectivity index (χ1) is 10.5. The number of fused-ring (bicyclic) bond motifs is 1. The summed E-state index contributed by atoms with van der Waals surface area (Å²) in [6.07, 6.45) is 4.01. The van der Waals surface area contributed by atoms with E-state index in [1.54, 1.807) is 18.9 Å². The number of amides is 1. The molecular weight excluding hydrogens is 287 g/mol. The fraction of sp³-hybridized carbons (Fsp3) is 0.267. The maximum Gasteiger partial charge on any atom is 0.272 e. The average molecular weight is 302 g/mol. The Bertz CT molecular complexity index is 839. The quantitative estimate of drug-likeness (QED) is 0.746. The minimum Gasteiger partial charge on any atom is -0.443 e. The molecular formula is C15H15FN4O2. The van der Waals surface area contributed by atoms with Crippen LogP contribution in [0.1, 0.15) is 23.1 Å². The van der Waals surface area contributed by atoms with Crippen LogP contribution in [0, 0.1) is 12.7 Å². The summed E-state index contributed by atoms with van der Waals surface area (Å²) in [7, 11) is 1.69. The van der Waals surface area contributed by atoms with Crippen molar-refractivity contribution in [2.75, 3.05) is 13.6 Å². The number of oxazole rings is 1. The molecule has 0 unspecified atom stereocenters. The zero-order chi connectivity index (χ0) is 15.9. The van der Waals surface area contributed by atoms with Crippen molar-refractivity contribution < 1.29 is 13.6 Å². The third-order valence-electron chi connectivity index (χ3n) is 3.58. The minimum atomic E-state index is -0.482. The molecule has 114 valence electrons. The number of imidazole rings is 1. The number of hydrogen-bond donors (Lipinski definition) is 0. The Morgan fingerprint density at radius 1 is 1.50 bits per heavy atom. The van der Waals surface area contributed by atoms with Crippen molar-refractivity contribution in [1.29, 1.82) is 0 Å². The monoisotopic (exact) mass is 302 g/mol. The molecule has 0 radical (unpaired) electrons. The summed E-state index contributed by atoms with van der Waals surface area (Å²) in [5.41, 5.74) is 1.80. The molecule has 3 aromatic rings. The van der Waals surface area contributed by atoms with Crippen molar-refractivity contribution in [3.63, 3.8) is 0 Å². The fourth-order valence-corrected chi connectivity index (χ4v) is 2.34. The van der Waals surface area contributed by atoms with Gasteiger partial charge in [0.05, 0.1) is 17.5 Å². The topological polar surface area (TPSA) is 63.6 Å². The molecule has 0 bridgehead atoms. The van der Waals surface area contributed by atoms with Crippen LogP contribution in [0.4, 0.5) is 4.39 Å². The molecule has 0 aliphatic rings. The molecule has 1 amide bonds. The van der Waals surface area contributed by atoms with E-state index in [4.69, 9.17) is 4.42 Å². The summed E-state index contributed by atoms with van der Waals surface area (Å²) in [6, 6.07) is 1.32. The SMILES string of the molecule is CCN(C)C(=O)c1c(C)nc2c(-c3cnco3)cc(F)cn12. The van der Waals surface area contributed by atoms with E-state index in [1.807, 2.05) is 6.92 Å². The fourth-order valence-electron chi connectivity index (χ4n) is 2.34. The molecule has 7 heteroatoms. The second kappa shape index (κ2) is 5.25. The van der Waals surface area contributed by atoms with Crippen LogP contribution in [0.3, 0.4) is 0 Å². The van der Waals surface area contributed by atoms with Gasteiger partial charge in [-0.25, -0.2) is 14.4 Å². The van der Waals surface area contributed by atoms with Gasteiger partial charge >= 0.3 is 0 Å². The molecule has 0 aliphatic carbocycles. The first-order valence-corrected chi connectivity index (χ1v) is 6.85. The molecule has 22 heavy (non-hydrogen) atoms. The maximum atomic E-state index is 14.0. The largest absolute Gasteiger partial charge is 0.443 e. The molecule has 0 aromatic carbocycles. The van der Waals surface area contributed by atoms with Gasteiger partial charge in [0.15, 0.2) is 12.2 Å². The van der Waals surface area contributed by atoms with Crippen LogP contribution < -0.4 is 0 Å². The van der Waals surface area contributed by atoms with E-state index in [1.165, 1.54) is 29.3 Å². The highest BCUT2D eigenvalue weighted by atomic mass is 19.1. The number of hydrogen-bond acceptors (Lipinski definition) is 4. The van der Waals surface area contributed by atoms with Gasteiger partial charge in [-0.3, -0.25) is 9.20 Å². The van der Waals surface area contributed by atoms with Gasteiger partial charge in [0.25, 0.3) is 5.91 Å². The van der Waals surface area contributed by atoms with E-state index in [9.17, 15) is 9.18 Å². The first-order valence-electron chi connectivity index (χ1n) is 6.85. The number of aromatic nitrogens is 3. The number of nitrogens with zero attached hydrogens (tertiary/aromatic N) is 4. The summed E-state index contributed by atoms with van der Waals surface area (Å²) in [5.74, 6) is -0.288. The number of halogens is 1. The lowest BCUT2D eigenvalue weighted by molar-refractivity contribution is 0.0795. The second-order valence-electron chi connectivity index (χ2n) is 5.00. The van der Waals surface area contributed by atoms with Gasteiger partial charge in [0, 0.05) is 19.8 Å². The Morgan fingerprint density at radius 3 is 2.91 bits per heavy atom. The van der Waals surface area contributed by atoms with Crippen molar-refractivity contribution in [2.24, 2.45) is 0 Å². The average Bonchev–Trinajstić information content (AvgIpc) is 3.12. The van der Waals surface area contributed by atoms with E-state index in [0.29, 0.717) is 34.9 Å². The normalized spacial score (nSPS) is 11.1. The van der Waals surface area contributed by atoms with Gasteiger partial charge in [0.2, 0.25) is 0 Å². The van der Waals surface area contributed by atoms with Gasteiger partial charge in [0.1, 0.15) is 17.2 Å². The number of aryl methyl sites for hydroxylation is 1. The molecule has 6 nitrogen and oxygen atoms in total. The molecule has 3 rings (SSSR count). The van der Waals surface area contributed by atoms with E-state index < -0.39 is 5.82 Å². The van der Waals surface area contributed by atoms with E-state index in [0.717, 1.165) is 0 Å². The molecule has 0 saturated heterocycles. The van der Waals surface area contributed by atoms with Crippen molar-refractivity contribution >= 4 is 11.6 Å². The Kier molecular flexibility index (Phi) is 3.40. The highest BCUT2D eigenvalue weighted by Gasteiger charge is 2.22. The Labute approximate surface area is 126 Å². The van der Waals surface area contributed by atoms with Crippen LogP contribution in [0.2, 0.25) is 0 Å². The first kappa shape index (κ1) is 14.2.